The number of halogens is 2. The van der Waals surface area contributed by atoms with Gasteiger partial charge in [0, 0.05) is 12.6 Å². The third-order valence-electron chi connectivity index (χ3n) is 3.45. The minimum atomic E-state index is -0.819. The van der Waals surface area contributed by atoms with Crippen molar-refractivity contribution in [1.82, 2.24) is 4.98 Å². The summed E-state index contributed by atoms with van der Waals surface area (Å²) < 4.78 is 26.3. The van der Waals surface area contributed by atoms with Crippen LogP contribution in [0.2, 0.25) is 0 Å². The van der Waals surface area contributed by atoms with E-state index in [0.29, 0.717) is 6.54 Å². The zero-order chi connectivity index (χ0) is 12.5. The SMILES string of the molecule is CC1(CNc2nc(N)c(F)cc2F)CCCC1. The molecule has 1 heterocycles. The molecule has 1 aromatic rings. The second kappa shape index (κ2) is 4.47. The summed E-state index contributed by atoms with van der Waals surface area (Å²) in [7, 11) is 0. The van der Waals surface area contributed by atoms with Gasteiger partial charge in [0.1, 0.15) is 0 Å². The van der Waals surface area contributed by atoms with Gasteiger partial charge in [0.2, 0.25) is 0 Å². The lowest BCUT2D eigenvalue weighted by atomic mass is 9.89. The standard InChI is InChI=1S/C12H17F2N3/c1-12(4-2-3-5-12)7-16-11-9(14)6-8(13)10(15)17-11/h6H,2-5,7H2,1H3,(H3,15,16,17). The van der Waals surface area contributed by atoms with Crippen LogP contribution in [0, 0.1) is 17.0 Å². The van der Waals surface area contributed by atoms with Crippen LogP contribution in [0.5, 0.6) is 0 Å². The Morgan fingerprint density at radius 1 is 1.35 bits per heavy atom. The van der Waals surface area contributed by atoms with E-state index in [2.05, 4.69) is 17.2 Å². The molecule has 0 bridgehead atoms. The van der Waals surface area contributed by atoms with Crippen LogP contribution in [-0.2, 0) is 0 Å². The number of aromatic nitrogens is 1. The Morgan fingerprint density at radius 2 is 2.00 bits per heavy atom. The van der Waals surface area contributed by atoms with Crippen molar-refractivity contribution < 1.29 is 8.78 Å². The second-order valence-electron chi connectivity index (χ2n) is 5.06. The van der Waals surface area contributed by atoms with Gasteiger partial charge in [-0.1, -0.05) is 19.8 Å². The average Bonchev–Trinajstić information content (AvgIpc) is 2.69. The molecule has 5 heteroatoms. The molecule has 2 rings (SSSR count). The molecule has 1 aliphatic rings. The largest absolute Gasteiger partial charge is 0.381 e. The van der Waals surface area contributed by atoms with Crippen molar-refractivity contribution in [3.63, 3.8) is 0 Å². The molecular formula is C12H17F2N3. The summed E-state index contributed by atoms with van der Waals surface area (Å²) in [6.07, 6.45) is 4.66. The highest BCUT2D eigenvalue weighted by Crippen LogP contribution is 2.37. The summed E-state index contributed by atoms with van der Waals surface area (Å²) in [5.74, 6) is -1.75. The smallest absolute Gasteiger partial charge is 0.168 e. The lowest BCUT2D eigenvalue weighted by Crippen LogP contribution is -2.24. The van der Waals surface area contributed by atoms with E-state index in [1.54, 1.807) is 0 Å². The molecule has 3 N–H and O–H groups in total. The lowest BCUT2D eigenvalue weighted by Gasteiger charge is -2.24. The quantitative estimate of drug-likeness (QED) is 0.855. The third-order valence-corrected chi connectivity index (χ3v) is 3.45. The molecule has 0 radical (unpaired) electrons. The van der Waals surface area contributed by atoms with Gasteiger partial charge < -0.3 is 11.1 Å². The van der Waals surface area contributed by atoms with Gasteiger partial charge in [0.25, 0.3) is 0 Å². The van der Waals surface area contributed by atoms with E-state index >= 15 is 0 Å². The average molecular weight is 241 g/mol. The van der Waals surface area contributed by atoms with E-state index < -0.39 is 11.6 Å². The number of nitrogens with two attached hydrogens (primary N) is 1. The first-order valence-corrected chi connectivity index (χ1v) is 5.86. The minimum Gasteiger partial charge on any atom is -0.381 e. The first kappa shape index (κ1) is 12.1. The fourth-order valence-corrected chi connectivity index (χ4v) is 2.31. The molecule has 0 atom stereocenters. The first-order valence-electron chi connectivity index (χ1n) is 5.86. The molecule has 17 heavy (non-hydrogen) atoms. The molecular weight excluding hydrogens is 224 g/mol. The van der Waals surface area contributed by atoms with Crippen LogP contribution in [0.25, 0.3) is 0 Å². The molecule has 1 aromatic heterocycles. The number of nitrogens with one attached hydrogen (secondary N) is 1. The molecule has 1 saturated carbocycles. The fourth-order valence-electron chi connectivity index (χ4n) is 2.31. The van der Waals surface area contributed by atoms with Gasteiger partial charge in [-0.25, -0.2) is 13.8 Å². The molecule has 0 amide bonds. The zero-order valence-electron chi connectivity index (χ0n) is 9.89. The number of rotatable bonds is 3. The topological polar surface area (TPSA) is 50.9 Å². The van der Waals surface area contributed by atoms with Gasteiger partial charge in [-0.15, -0.1) is 0 Å². The number of hydrogen-bond donors (Lipinski definition) is 2. The Hall–Kier alpha value is -1.39. The molecule has 0 saturated heterocycles. The van der Waals surface area contributed by atoms with Crippen LogP contribution < -0.4 is 11.1 Å². The van der Waals surface area contributed by atoms with Crippen LogP contribution in [0.4, 0.5) is 20.4 Å². The Bertz CT molecular complexity index is 414. The summed E-state index contributed by atoms with van der Waals surface area (Å²) in [6.45, 7) is 2.81. The number of nitrogen functional groups attached to an aromatic ring is 1. The highest BCUT2D eigenvalue weighted by Gasteiger charge is 2.28. The van der Waals surface area contributed by atoms with Gasteiger partial charge in [0.15, 0.2) is 23.3 Å². The van der Waals surface area contributed by atoms with E-state index in [-0.39, 0.29) is 17.1 Å². The van der Waals surface area contributed by atoms with Gasteiger partial charge >= 0.3 is 0 Å². The molecule has 0 aromatic carbocycles. The van der Waals surface area contributed by atoms with E-state index in [1.807, 2.05) is 0 Å². The molecule has 0 unspecified atom stereocenters. The number of anilines is 2. The summed E-state index contributed by atoms with van der Waals surface area (Å²) >= 11 is 0. The molecule has 3 nitrogen and oxygen atoms in total. The van der Waals surface area contributed by atoms with Crippen LogP contribution in [0.3, 0.4) is 0 Å². The van der Waals surface area contributed by atoms with E-state index in [4.69, 9.17) is 5.73 Å². The third kappa shape index (κ3) is 2.65. The lowest BCUT2D eigenvalue weighted by molar-refractivity contribution is 0.361. The van der Waals surface area contributed by atoms with E-state index in [9.17, 15) is 8.78 Å². The van der Waals surface area contributed by atoms with Crippen LogP contribution in [-0.4, -0.2) is 11.5 Å². The van der Waals surface area contributed by atoms with Crippen molar-refractivity contribution in [3.05, 3.63) is 17.7 Å². The predicted octanol–water partition coefficient (Wildman–Crippen LogP) is 2.93. The summed E-state index contributed by atoms with van der Waals surface area (Å²) in [5.41, 5.74) is 5.49. The molecule has 94 valence electrons. The Kier molecular flexibility index (Phi) is 3.17. The summed E-state index contributed by atoms with van der Waals surface area (Å²) in [4.78, 5) is 3.68. The van der Waals surface area contributed by atoms with E-state index in [1.165, 1.54) is 12.8 Å². The number of nitrogens with zero attached hydrogens (tertiary/aromatic N) is 1. The maximum Gasteiger partial charge on any atom is 0.168 e. The highest BCUT2D eigenvalue weighted by molar-refractivity contribution is 5.45. The van der Waals surface area contributed by atoms with Gasteiger partial charge in [-0.05, 0) is 18.3 Å². The Labute approximate surface area is 99.4 Å². The van der Waals surface area contributed by atoms with Crippen molar-refractivity contribution in [2.75, 3.05) is 17.6 Å². The Balaban J connectivity index is 2.06. The van der Waals surface area contributed by atoms with Crippen molar-refractivity contribution in [2.24, 2.45) is 5.41 Å². The molecule has 1 aliphatic carbocycles. The maximum absolute atomic E-state index is 13.4. The van der Waals surface area contributed by atoms with Gasteiger partial charge in [0.05, 0.1) is 0 Å². The van der Waals surface area contributed by atoms with Gasteiger partial charge in [-0.2, -0.15) is 0 Å². The minimum absolute atomic E-state index is 0.0389. The fraction of sp³-hybridized carbons (Fsp3) is 0.583. The predicted molar refractivity (Wildman–Crippen MR) is 63.6 cm³/mol. The summed E-state index contributed by atoms with van der Waals surface area (Å²) in [5, 5.41) is 2.93. The van der Waals surface area contributed by atoms with Crippen molar-refractivity contribution in [2.45, 2.75) is 32.6 Å². The normalized spacial score (nSPS) is 18.3. The van der Waals surface area contributed by atoms with Crippen molar-refractivity contribution in [3.8, 4) is 0 Å². The van der Waals surface area contributed by atoms with Crippen molar-refractivity contribution >= 4 is 11.6 Å². The number of pyridine rings is 1. The van der Waals surface area contributed by atoms with Gasteiger partial charge in [-0.3, -0.25) is 0 Å². The Morgan fingerprint density at radius 3 is 2.65 bits per heavy atom. The van der Waals surface area contributed by atoms with Crippen LogP contribution in [0.1, 0.15) is 32.6 Å². The molecule has 0 spiro atoms. The molecule has 0 aliphatic heterocycles. The zero-order valence-corrected chi connectivity index (χ0v) is 9.89. The van der Waals surface area contributed by atoms with Crippen LogP contribution in [0.15, 0.2) is 6.07 Å². The molecule has 1 fully saturated rings. The van der Waals surface area contributed by atoms with Crippen molar-refractivity contribution in [1.29, 1.82) is 0 Å². The first-order chi connectivity index (χ1) is 8.00. The highest BCUT2D eigenvalue weighted by atomic mass is 19.1. The van der Waals surface area contributed by atoms with Crippen LogP contribution >= 0.6 is 0 Å². The maximum atomic E-state index is 13.4. The summed E-state index contributed by atoms with van der Waals surface area (Å²) in [6, 6.07) is 0.766. The number of hydrogen-bond acceptors (Lipinski definition) is 3. The monoisotopic (exact) mass is 241 g/mol. The second-order valence-corrected chi connectivity index (χ2v) is 5.06. The van der Waals surface area contributed by atoms with E-state index in [0.717, 1.165) is 18.9 Å².